The van der Waals surface area contributed by atoms with Crippen LogP contribution in [0.2, 0.25) is 0 Å². The lowest BCUT2D eigenvalue weighted by Gasteiger charge is -2.14. The minimum absolute atomic E-state index is 0.591. The van der Waals surface area contributed by atoms with Crippen molar-refractivity contribution in [2.24, 2.45) is 0 Å². The highest BCUT2D eigenvalue weighted by molar-refractivity contribution is 5.89. The predicted molar refractivity (Wildman–Crippen MR) is 236 cm³/mol. The summed E-state index contributed by atoms with van der Waals surface area (Å²) in [5.74, 6) is 2.49. The van der Waals surface area contributed by atoms with Gasteiger partial charge in [-0.3, -0.25) is 0 Å². The van der Waals surface area contributed by atoms with Crippen LogP contribution in [0.4, 0.5) is 0 Å². The third kappa shape index (κ3) is 7.16. The summed E-state index contributed by atoms with van der Waals surface area (Å²) in [6.45, 7) is 0. The van der Waals surface area contributed by atoms with Gasteiger partial charge in [-0.15, -0.1) is 0 Å². The minimum atomic E-state index is 0.591. The molecule has 10 aromatic rings. The standard InChI is InChI=1S/C53H35N5/c1-3-12-36(13-4-1)42-18-9-20-45(31-42)51-56-52(46-21-10-19-43(32-46)37-14-5-2-6-15-37)58-53(57-51)49-34-47(39-22-25-40(26-23-39)50-54-28-11-29-55-50)33-48(35-49)44-27-24-38-16-7-8-17-41(38)30-44/h1-35H. The van der Waals surface area contributed by atoms with Crippen LogP contribution in [0.25, 0.3) is 101 Å². The number of benzene rings is 8. The van der Waals surface area contributed by atoms with E-state index in [9.17, 15) is 0 Å². The van der Waals surface area contributed by atoms with Crippen LogP contribution in [0, 0.1) is 0 Å². The van der Waals surface area contributed by atoms with Crippen LogP contribution >= 0.6 is 0 Å². The van der Waals surface area contributed by atoms with Crippen LogP contribution in [0.5, 0.6) is 0 Å². The van der Waals surface area contributed by atoms with Crippen molar-refractivity contribution in [3.8, 4) is 90.1 Å². The first kappa shape index (κ1) is 34.6. The van der Waals surface area contributed by atoms with E-state index in [2.05, 4.69) is 192 Å². The Morgan fingerprint density at radius 2 is 0.603 bits per heavy atom. The average Bonchev–Trinajstić information content (AvgIpc) is 3.32. The Bertz CT molecular complexity index is 2940. The molecule has 0 saturated heterocycles. The van der Waals surface area contributed by atoms with E-state index in [1.165, 1.54) is 10.8 Å². The molecule has 5 nitrogen and oxygen atoms in total. The zero-order valence-corrected chi connectivity index (χ0v) is 31.4. The summed E-state index contributed by atoms with van der Waals surface area (Å²) in [5, 5.41) is 2.38. The molecule has 0 aliphatic heterocycles. The molecule has 0 bridgehead atoms. The maximum absolute atomic E-state index is 5.25. The van der Waals surface area contributed by atoms with Crippen LogP contribution in [-0.2, 0) is 0 Å². The molecule has 0 aliphatic carbocycles. The first-order valence-electron chi connectivity index (χ1n) is 19.3. The Kier molecular flexibility index (Phi) is 9.14. The summed E-state index contributed by atoms with van der Waals surface area (Å²) in [7, 11) is 0. The van der Waals surface area contributed by atoms with Gasteiger partial charge >= 0.3 is 0 Å². The zero-order valence-electron chi connectivity index (χ0n) is 31.4. The van der Waals surface area contributed by atoms with Crippen LogP contribution in [0.1, 0.15) is 0 Å². The molecule has 10 rings (SSSR count). The molecule has 2 aromatic heterocycles. The van der Waals surface area contributed by atoms with E-state index < -0.39 is 0 Å². The van der Waals surface area contributed by atoms with Crippen LogP contribution in [0.15, 0.2) is 213 Å². The summed E-state index contributed by atoms with van der Waals surface area (Å²) in [4.78, 5) is 24.6. The van der Waals surface area contributed by atoms with Crippen molar-refractivity contribution < 1.29 is 0 Å². The van der Waals surface area contributed by atoms with Gasteiger partial charge in [0.05, 0.1) is 0 Å². The lowest BCUT2D eigenvalue weighted by Crippen LogP contribution is -2.01. The van der Waals surface area contributed by atoms with Gasteiger partial charge in [0, 0.05) is 34.6 Å². The molecule has 272 valence electrons. The van der Waals surface area contributed by atoms with Crippen LogP contribution in [-0.4, -0.2) is 24.9 Å². The van der Waals surface area contributed by atoms with E-state index in [0.717, 1.165) is 66.8 Å². The van der Waals surface area contributed by atoms with Crippen molar-refractivity contribution in [3.63, 3.8) is 0 Å². The van der Waals surface area contributed by atoms with Gasteiger partial charge in [0.2, 0.25) is 0 Å². The molecular formula is C53H35N5. The Balaban J connectivity index is 1.16. The highest BCUT2D eigenvalue weighted by atomic mass is 15.0. The Morgan fingerprint density at radius 3 is 1.21 bits per heavy atom. The molecule has 58 heavy (non-hydrogen) atoms. The van der Waals surface area contributed by atoms with Crippen molar-refractivity contribution in [1.29, 1.82) is 0 Å². The fourth-order valence-electron chi connectivity index (χ4n) is 7.42. The number of nitrogens with zero attached hydrogens (tertiary/aromatic N) is 5. The third-order valence-corrected chi connectivity index (χ3v) is 10.4. The van der Waals surface area contributed by atoms with Gasteiger partial charge in [0.15, 0.2) is 23.3 Å². The summed E-state index contributed by atoms with van der Waals surface area (Å²) in [6, 6.07) is 69.6. The number of hydrogen-bond acceptors (Lipinski definition) is 5. The Hall–Kier alpha value is -7.89. The van der Waals surface area contributed by atoms with Crippen molar-refractivity contribution in [3.05, 3.63) is 213 Å². The zero-order chi connectivity index (χ0) is 38.7. The van der Waals surface area contributed by atoms with Crippen molar-refractivity contribution in [1.82, 2.24) is 24.9 Å². The lowest BCUT2D eigenvalue weighted by molar-refractivity contribution is 1.07. The van der Waals surface area contributed by atoms with E-state index in [-0.39, 0.29) is 0 Å². The molecule has 0 aliphatic rings. The van der Waals surface area contributed by atoms with Crippen LogP contribution in [0.3, 0.4) is 0 Å². The van der Waals surface area contributed by atoms with Crippen LogP contribution < -0.4 is 0 Å². The van der Waals surface area contributed by atoms with Gasteiger partial charge in [-0.25, -0.2) is 24.9 Å². The molecule has 2 heterocycles. The van der Waals surface area contributed by atoms with Gasteiger partial charge in [0.1, 0.15) is 0 Å². The molecule has 0 fully saturated rings. The van der Waals surface area contributed by atoms with E-state index >= 15 is 0 Å². The number of fused-ring (bicyclic) bond motifs is 1. The molecule has 0 unspecified atom stereocenters. The second-order valence-corrected chi connectivity index (χ2v) is 14.2. The molecule has 0 N–H and O–H groups in total. The van der Waals surface area contributed by atoms with E-state index in [1.54, 1.807) is 12.4 Å². The van der Waals surface area contributed by atoms with Crippen molar-refractivity contribution in [2.75, 3.05) is 0 Å². The molecule has 0 saturated carbocycles. The molecular weight excluding hydrogens is 707 g/mol. The van der Waals surface area contributed by atoms with Crippen molar-refractivity contribution in [2.45, 2.75) is 0 Å². The molecule has 5 heteroatoms. The number of hydrogen-bond donors (Lipinski definition) is 0. The van der Waals surface area contributed by atoms with Crippen molar-refractivity contribution >= 4 is 10.8 Å². The maximum atomic E-state index is 5.25. The first-order chi connectivity index (χ1) is 28.7. The quantitative estimate of drug-likeness (QED) is 0.155. The van der Waals surface area contributed by atoms with Gasteiger partial charge in [0.25, 0.3) is 0 Å². The second-order valence-electron chi connectivity index (χ2n) is 14.2. The Labute approximate surface area is 337 Å². The summed E-state index contributed by atoms with van der Waals surface area (Å²) >= 11 is 0. The summed E-state index contributed by atoms with van der Waals surface area (Å²) in [5.41, 5.74) is 12.4. The Morgan fingerprint density at radius 1 is 0.207 bits per heavy atom. The third-order valence-electron chi connectivity index (χ3n) is 10.4. The highest BCUT2D eigenvalue weighted by Crippen LogP contribution is 2.36. The summed E-state index contributed by atoms with van der Waals surface area (Å²) in [6.07, 6.45) is 3.53. The molecule has 0 radical (unpaired) electrons. The normalized spacial score (nSPS) is 11.1. The molecule has 0 amide bonds. The van der Waals surface area contributed by atoms with E-state index in [4.69, 9.17) is 15.0 Å². The SMILES string of the molecule is c1ccc(-c2cccc(-c3nc(-c4cccc(-c5ccccc5)c4)nc(-c4cc(-c5ccc(-c6ncccn6)cc5)cc(-c5ccc6ccccc6c5)c4)n3)c2)cc1. The van der Waals surface area contributed by atoms with Gasteiger partial charge < -0.3 is 0 Å². The topological polar surface area (TPSA) is 64.5 Å². The number of rotatable bonds is 8. The monoisotopic (exact) mass is 741 g/mol. The fourth-order valence-corrected chi connectivity index (χ4v) is 7.42. The highest BCUT2D eigenvalue weighted by Gasteiger charge is 2.16. The molecule has 0 spiro atoms. The van der Waals surface area contributed by atoms with E-state index in [0.29, 0.717) is 23.3 Å². The second kappa shape index (κ2) is 15.3. The lowest BCUT2D eigenvalue weighted by atomic mass is 9.94. The van der Waals surface area contributed by atoms with Gasteiger partial charge in [-0.05, 0) is 97.7 Å². The fraction of sp³-hybridized carbons (Fsp3) is 0. The number of aromatic nitrogens is 5. The van der Waals surface area contributed by atoms with E-state index in [1.807, 2.05) is 18.2 Å². The smallest absolute Gasteiger partial charge is 0.164 e. The molecule has 0 atom stereocenters. The largest absolute Gasteiger partial charge is 0.237 e. The first-order valence-corrected chi connectivity index (χ1v) is 19.3. The van der Waals surface area contributed by atoms with Gasteiger partial charge in [-0.1, -0.05) is 158 Å². The van der Waals surface area contributed by atoms with Gasteiger partial charge in [-0.2, -0.15) is 0 Å². The predicted octanol–water partition coefficient (Wildman–Crippen LogP) is 13.2. The average molecular weight is 742 g/mol. The molecule has 8 aromatic carbocycles. The maximum Gasteiger partial charge on any atom is 0.164 e. The summed E-state index contributed by atoms with van der Waals surface area (Å²) < 4.78 is 0. The minimum Gasteiger partial charge on any atom is -0.237 e.